The number of tetrazole rings is 1. The number of rotatable bonds is 7. The van der Waals surface area contributed by atoms with Crippen molar-refractivity contribution in [2.75, 3.05) is 23.9 Å². The topological polar surface area (TPSA) is 75.9 Å². The van der Waals surface area contributed by atoms with Crippen molar-refractivity contribution >= 4 is 17.7 Å². The maximum absolute atomic E-state index is 9.10. The van der Waals surface area contributed by atoms with Crippen molar-refractivity contribution in [1.82, 2.24) is 20.2 Å². The molecule has 0 bridgehead atoms. The molecule has 0 spiro atoms. The summed E-state index contributed by atoms with van der Waals surface area (Å²) in [7, 11) is 0. The molecule has 0 amide bonds. The minimum Gasteiger partial charge on any atom is -0.396 e. The van der Waals surface area contributed by atoms with E-state index in [4.69, 9.17) is 5.11 Å². The predicted molar refractivity (Wildman–Crippen MR) is 81.4 cm³/mol. The lowest BCUT2D eigenvalue weighted by molar-refractivity contribution is 0.282. The van der Waals surface area contributed by atoms with Crippen molar-refractivity contribution in [2.24, 2.45) is 0 Å². The number of aryl methyl sites for hydroxylation is 1. The molecule has 20 heavy (non-hydrogen) atoms. The lowest BCUT2D eigenvalue weighted by atomic mass is 10.2. The minimum atomic E-state index is 0.143. The summed E-state index contributed by atoms with van der Waals surface area (Å²) in [5, 5.41) is 24.1. The Morgan fingerprint density at radius 3 is 2.75 bits per heavy atom. The van der Waals surface area contributed by atoms with Crippen molar-refractivity contribution < 1.29 is 5.11 Å². The molecule has 0 saturated heterocycles. The second-order valence-electron chi connectivity index (χ2n) is 4.56. The summed E-state index contributed by atoms with van der Waals surface area (Å²) in [5.74, 6) is 1.49. The number of nitrogens with one attached hydrogen (secondary N) is 1. The van der Waals surface area contributed by atoms with Crippen LogP contribution in [0.2, 0.25) is 0 Å². The third kappa shape index (κ3) is 3.71. The summed E-state index contributed by atoms with van der Waals surface area (Å²) in [5.41, 5.74) is 2.10. The Bertz CT molecular complexity index is 522. The maximum atomic E-state index is 9.10. The quantitative estimate of drug-likeness (QED) is 0.805. The molecule has 0 saturated carbocycles. The van der Waals surface area contributed by atoms with E-state index in [1.54, 1.807) is 16.4 Å². The number of anilines is 1. The Labute approximate surface area is 122 Å². The molecule has 6 nitrogen and oxygen atoms in total. The summed E-state index contributed by atoms with van der Waals surface area (Å²) in [6.45, 7) is 2.18. The Morgan fingerprint density at radius 1 is 1.35 bits per heavy atom. The lowest BCUT2D eigenvalue weighted by Crippen LogP contribution is -2.25. The van der Waals surface area contributed by atoms with Gasteiger partial charge < -0.3 is 10.4 Å². The molecule has 0 unspecified atom stereocenters. The molecule has 0 fully saturated rings. The summed E-state index contributed by atoms with van der Waals surface area (Å²) in [6, 6.07) is 8.14. The van der Waals surface area contributed by atoms with E-state index in [0.29, 0.717) is 12.4 Å². The number of nitrogens with zero attached hydrogens (tertiary/aromatic N) is 4. The molecule has 108 valence electrons. The Hall–Kier alpha value is -1.60. The molecule has 2 aromatic rings. The number of aromatic nitrogens is 4. The van der Waals surface area contributed by atoms with Crippen LogP contribution >= 0.6 is 11.8 Å². The van der Waals surface area contributed by atoms with Gasteiger partial charge in [0.05, 0.1) is 5.69 Å². The van der Waals surface area contributed by atoms with Gasteiger partial charge in [0.25, 0.3) is 0 Å². The van der Waals surface area contributed by atoms with E-state index < -0.39 is 0 Å². The van der Waals surface area contributed by atoms with Crippen LogP contribution in [0.5, 0.6) is 0 Å². The van der Waals surface area contributed by atoms with E-state index in [0.717, 1.165) is 11.4 Å². The molecule has 7 heteroatoms. The Morgan fingerprint density at radius 2 is 2.10 bits per heavy atom. The predicted octanol–water partition coefficient (Wildman–Crippen LogP) is 1.50. The number of hydrogen-bond donors (Lipinski definition) is 2. The number of benzene rings is 1. The van der Waals surface area contributed by atoms with Gasteiger partial charge in [-0.3, -0.25) is 0 Å². The van der Waals surface area contributed by atoms with E-state index in [9.17, 15) is 0 Å². The normalized spacial score (nSPS) is 12.3. The fourth-order valence-corrected chi connectivity index (χ4v) is 2.53. The van der Waals surface area contributed by atoms with E-state index in [1.807, 2.05) is 37.4 Å². The number of aliphatic hydroxyl groups excluding tert-OH is 1. The molecule has 1 atom stereocenters. The molecule has 0 aliphatic rings. The highest BCUT2D eigenvalue weighted by Crippen LogP contribution is 2.14. The smallest absolute Gasteiger partial charge is 0.247 e. The van der Waals surface area contributed by atoms with Gasteiger partial charge in [0.15, 0.2) is 0 Å². The van der Waals surface area contributed by atoms with Crippen molar-refractivity contribution in [1.29, 1.82) is 0 Å². The van der Waals surface area contributed by atoms with E-state index in [-0.39, 0.29) is 12.6 Å². The van der Waals surface area contributed by atoms with Gasteiger partial charge in [-0.1, -0.05) is 22.8 Å². The second kappa shape index (κ2) is 7.25. The van der Waals surface area contributed by atoms with Crippen LogP contribution in [0.15, 0.2) is 24.3 Å². The minimum absolute atomic E-state index is 0.143. The molecule has 2 N–H and O–H groups in total. The number of hydrogen-bond acceptors (Lipinski definition) is 6. The summed E-state index contributed by atoms with van der Waals surface area (Å²) >= 11 is 1.72. The molecule has 2 rings (SSSR count). The molecule has 0 aliphatic carbocycles. The zero-order chi connectivity index (χ0) is 14.4. The largest absolute Gasteiger partial charge is 0.396 e. The van der Waals surface area contributed by atoms with Crippen LogP contribution < -0.4 is 5.32 Å². The van der Waals surface area contributed by atoms with Gasteiger partial charge in [-0.05, 0) is 42.2 Å². The van der Waals surface area contributed by atoms with Gasteiger partial charge >= 0.3 is 0 Å². The summed E-state index contributed by atoms with van der Waals surface area (Å²) in [4.78, 5) is 0. The average molecular weight is 293 g/mol. The van der Waals surface area contributed by atoms with Crippen LogP contribution in [0.3, 0.4) is 0 Å². The van der Waals surface area contributed by atoms with Gasteiger partial charge in [-0.25, -0.2) is 0 Å². The number of aliphatic hydroxyl groups is 1. The lowest BCUT2D eigenvalue weighted by Gasteiger charge is -2.16. The van der Waals surface area contributed by atoms with Gasteiger partial charge in [-0.2, -0.15) is 16.4 Å². The first-order valence-electron chi connectivity index (χ1n) is 6.46. The van der Waals surface area contributed by atoms with E-state index in [2.05, 4.69) is 20.8 Å². The second-order valence-corrected chi connectivity index (χ2v) is 5.47. The zero-order valence-corrected chi connectivity index (χ0v) is 12.5. The molecule has 0 aliphatic heterocycles. The standard InChI is InChI=1S/C13H19N5OS/c1-10-3-5-12(6-4-10)18-13(15-16-17-18)14-11(7-8-19)9-20-2/h3-6,11,19H,7-9H2,1-2H3,(H,14,15,17)/t11-/m1/s1. The maximum Gasteiger partial charge on any atom is 0.247 e. The van der Waals surface area contributed by atoms with Crippen LogP contribution in [0.1, 0.15) is 12.0 Å². The van der Waals surface area contributed by atoms with Gasteiger partial charge in [-0.15, -0.1) is 0 Å². The monoisotopic (exact) mass is 293 g/mol. The van der Waals surface area contributed by atoms with Crippen LogP contribution in [-0.4, -0.2) is 50.0 Å². The van der Waals surface area contributed by atoms with Crippen LogP contribution in [-0.2, 0) is 0 Å². The van der Waals surface area contributed by atoms with E-state index >= 15 is 0 Å². The average Bonchev–Trinajstić information content (AvgIpc) is 2.88. The van der Waals surface area contributed by atoms with Crippen LogP contribution in [0.25, 0.3) is 5.69 Å². The molecule has 1 heterocycles. The Balaban J connectivity index is 2.17. The van der Waals surface area contributed by atoms with E-state index in [1.165, 1.54) is 5.56 Å². The van der Waals surface area contributed by atoms with Crippen molar-refractivity contribution in [2.45, 2.75) is 19.4 Å². The SMILES string of the molecule is CSC[C@@H](CCO)Nc1nnnn1-c1ccc(C)cc1. The first-order chi connectivity index (χ1) is 9.74. The molecular weight excluding hydrogens is 274 g/mol. The highest BCUT2D eigenvalue weighted by Gasteiger charge is 2.13. The summed E-state index contributed by atoms with van der Waals surface area (Å²) < 4.78 is 1.67. The van der Waals surface area contributed by atoms with Crippen LogP contribution in [0.4, 0.5) is 5.95 Å². The molecule has 1 aromatic carbocycles. The zero-order valence-electron chi connectivity index (χ0n) is 11.7. The first-order valence-corrected chi connectivity index (χ1v) is 7.85. The fraction of sp³-hybridized carbons (Fsp3) is 0.462. The molecular formula is C13H19N5OS. The highest BCUT2D eigenvalue weighted by atomic mass is 32.2. The third-order valence-electron chi connectivity index (χ3n) is 2.93. The molecule has 1 aromatic heterocycles. The number of thioether (sulfide) groups is 1. The third-order valence-corrected chi connectivity index (χ3v) is 3.66. The summed E-state index contributed by atoms with van der Waals surface area (Å²) in [6.07, 6.45) is 2.70. The first kappa shape index (κ1) is 14.8. The van der Waals surface area contributed by atoms with Gasteiger partial charge in [0, 0.05) is 18.4 Å². The van der Waals surface area contributed by atoms with Crippen LogP contribution in [0, 0.1) is 6.92 Å². The fourth-order valence-electron chi connectivity index (χ4n) is 1.87. The highest BCUT2D eigenvalue weighted by molar-refractivity contribution is 7.98. The van der Waals surface area contributed by atoms with Crippen molar-refractivity contribution in [3.8, 4) is 5.69 Å². The molecule has 0 radical (unpaired) electrons. The Kier molecular flexibility index (Phi) is 5.37. The van der Waals surface area contributed by atoms with Crippen molar-refractivity contribution in [3.05, 3.63) is 29.8 Å². The van der Waals surface area contributed by atoms with Gasteiger partial charge in [0.1, 0.15) is 0 Å². The van der Waals surface area contributed by atoms with Gasteiger partial charge in [0.2, 0.25) is 5.95 Å². The van der Waals surface area contributed by atoms with Crippen molar-refractivity contribution in [3.63, 3.8) is 0 Å².